The standard InChI is InChI=1S/C13H20O2S/c1-11(2)15-9-12(14-3)10-16-13-7-5-4-6-8-13/h4-8,11-12H,9-10H2,1-3H3. The second-order valence-electron chi connectivity index (χ2n) is 3.86. The second-order valence-corrected chi connectivity index (χ2v) is 4.96. The molecule has 1 rings (SSSR count). The van der Waals surface area contributed by atoms with E-state index in [-0.39, 0.29) is 12.2 Å². The number of ether oxygens (including phenoxy) is 2. The summed E-state index contributed by atoms with van der Waals surface area (Å²) in [6.07, 6.45) is 0.423. The molecular weight excluding hydrogens is 220 g/mol. The molecule has 0 fully saturated rings. The first kappa shape index (κ1) is 13.6. The number of benzene rings is 1. The van der Waals surface area contributed by atoms with Crippen LogP contribution in [0.4, 0.5) is 0 Å². The lowest BCUT2D eigenvalue weighted by Crippen LogP contribution is -2.23. The molecular formula is C13H20O2S. The van der Waals surface area contributed by atoms with Crippen LogP contribution in [0.2, 0.25) is 0 Å². The monoisotopic (exact) mass is 240 g/mol. The van der Waals surface area contributed by atoms with Crippen molar-refractivity contribution in [1.29, 1.82) is 0 Å². The van der Waals surface area contributed by atoms with Gasteiger partial charge in [0.1, 0.15) is 0 Å². The summed E-state index contributed by atoms with van der Waals surface area (Å²) in [5.41, 5.74) is 0. The zero-order valence-electron chi connectivity index (χ0n) is 10.2. The maximum absolute atomic E-state index is 5.54. The van der Waals surface area contributed by atoms with Crippen LogP contribution in [0.15, 0.2) is 35.2 Å². The van der Waals surface area contributed by atoms with Gasteiger partial charge in [-0.15, -0.1) is 11.8 Å². The van der Waals surface area contributed by atoms with E-state index in [4.69, 9.17) is 9.47 Å². The molecule has 0 saturated heterocycles. The summed E-state index contributed by atoms with van der Waals surface area (Å²) in [5.74, 6) is 0.924. The third-order valence-electron chi connectivity index (χ3n) is 2.13. The minimum Gasteiger partial charge on any atom is -0.378 e. The molecule has 0 N–H and O–H groups in total. The topological polar surface area (TPSA) is 18.5 Å². The normalized spacial score (nSPS) is 13.0. The Hall–Kier alpha value is -0.510. The summed E-state index contributed by atoms with van der Waals surface area (Å²) < 4.78 is 10.9. The third kappa shape index (κ3) is 5.54. The number of methoxy groups -OCH3 is 1. The summed E-state index contributed by atoms with van der Waals surface area (Å²) in [6.45, 7) is 4.74. The molecule has 0 saturated carbocycles. The smallest absolute Gasteiger partial charge is 0.0898 e. The van der Waals surface area contributed by atoms with Gasteiger partial charge in [0.05, 0.1) is 18.8 Å². The van der Waals surface area contributed by atoms with Crippen LogP contribution < -0.4 is 0 Å². The van der Waals surface area contributed by atoms with Gasteiger partial charge in [0.25, 0.3) is 0 Å². The number of thioether (sulfide) groups is 1. The zero-order valence-corrected chi connectivity index (χ0v) is 11.0. The molecule has 1 aromatic carbocycles. The van der Waals surface area contributed by atoms with Gasteiger partial charge in [-0.25, -0.2) is 0 Å². The second kappa shape index (κ2) is 7.71. The van der Waals surface area contributed by atoms with Crippen molar-refractivity contribution in [1.82, 2.24) is 0 Å². The summed E-state index contributed by atoms with van der Waals surface area (Å²) >= 11 is 1.80. The Morgan fingerprint density at radius 2 is 1.88 bits per heavy atom. The van der Waals surface area contributed by atoms with E-state index in [0.717, 1.165) is 5.75 Å². The molecule has 1 aromatic rings. The molecule has 2 nitrogen and oxygen atoms in total. The third-order valence-corrected chi connectivity index (χ3v) is 3.27. The molecule has 1 atom stereocenters. The number of hydrogen-bond acceptors (Lipinski definition) is 3. The van der Waals surface area contributed by atoms with Crippen molar-refractivity contribution >= 4 is 11.8 Å². The minimum absolute atomic E-state index is 0.160. The summed E-state index contributed by atoms with van der Waals surface area (Å²) in [5, 5.41) is 0. The lowest BCUT2D eigenvalue weighted by Gasteiger charge is -2.16. The molecule has 0 bridgehead atoms. The predicted molar refractivity (Wildman–Crippen MR) is 69.1 cm³/mol. The van der Waals surface area contributed by atoms with E-state index in [1.54, 1.807) is 18.9 Å². The van der Waals surface area contributed by atoms with Gasteiger partial charge in [0, 0.05) is 17.8 Å². The van der Waals surface area contributed by atoms with E-state index >= 15 is 0 Å². The lowest BCUT2D eigenvalue weighted by molar-refractivity contribution is -0.00478. The fourth-order valence-corrected chi connectivity index (χ4v) is 2.15. The highest BCUT2D eigenvalue weighted by molar-refractivity contribution is 7.99. The Morgan fingerprint density at radius 1 is 1.19 bits per heavy atom. The molecule has 1 unspecified atom stereocenters. The molecule has 0 aromatic heterocycles. The van der Waals surface area contributed by atoms with Gasteiger partial charge >= 0.3 is 0 Å². The van der Waals surface area contributed by atoms with Gasteiger partial charge in [-0.2, -0.15) is 0 Å². The first-order valence-corrected chi connectivity index (χ1v) is 6.53. The molecule has 0 aliphatic rings. The van der Waals surface area contributed by atoms with Crippen molar-refractivity contribution in [2.24, 2.45) is 0 Å². The molecule has 3 heteroatoms. The molecule has 0 radical (unpaired) electrons. The van der Waals surface area contributed by atoms with Crippen molar-refractivity contribution in [3.05, 3.63) is 30.3 Å². The lowest BCUT2D eigenvalue weighted by atomic mass is 10.4. The predicted octanol–water partition coefficient (Wildman–Crippen LogP) is 3.22. The van der Waals surface area contributed by atoms with Gasteiger partial charge in [0.15, 0.2) is 0 Å². The van der Waals surface area contributed by atoms with E-state index in [0.29, 0.717) is 6.61 Å². The Balaban J connectivity index is 2.28. The molecule has 90 valence electrons. The van der Waals surface area contributed by atoms with Crippen molar-refractivity contribution < 1.29 is 9.47 Å². The van der Waals surface area contributed by atoms with E-state index < -0.39 is 0 Å². The Morgan fingerprint density at radius 3 is 2.44 bits per heavy atom. The van der Waals surface area contributed by atoms with Gasteiger partial charge in [-0.3, -0.25) is 0 Å². The highest BCUT2D eigenvalue weighted by atomic mass is 32.2. The van der Waals surface area contributed by atoms with Crippen molar-refractivity contribution in [2.75, 3.05) is 19.5 Å². The summed E-state index contributed by atoms with van der Waals surface area (Å²) in [6, 6.07) is 10.4. The Kier molecular flexibility index (Phi) is 6.53. The average molecular weight is 240 g/mol. The van der Waals surface area contributed by atoms with E-state index in [1.807, 2.05) is 19.9 Å². The van der Waals surface area contributed by atoms with Crippen molar-refractivity contribution in [2.45, 2.75) is 31.0 Å². The van der Waals surface area contributed by atoms with Gasteiger partial charge in [0.2, 0.25) is 0 Å². The zero-order chi connectivity index (χ0) is 11.8. The maximum Gasteiger partial charge on any atom is 0.0898 e. The van der Waals surface area contributed by atoms with Crippen LogP contribution in [0, 0.1) is 0 Å². The summed E-state index contributed by atoms with van der Waals surface area (Å²) in [4.78, 5) is 1.27. The Bertz CT molecular complexity index is 275. The molecule has 0 amide bonds. The van der Waals surface area contributed by atoms with Crippen LogP contribution in [0.5, 0.6) is 0 Å². The fourth-order valence-electron chi connectivity index (χ4n) is 1.19. The average Bonchev–Trinajstić information content (AvgIpc) is 2.30. The van der Waals surface area contributed by atoms with E-state index in [2.05, 4.69) is 24.3 Å². The van der Waals surface area contributed by atoms with E-state index in [9.17, 15) is 0 Å². The Labute approximate surface area is 102 Å². The fraction of sp³-hybridized carbons (Fsp3) is 0.538. The SMILES string of the molecule is COC(COC(C)C)CSc1ccccc1. The molecule has 16 heavy (non-hydrogen) atoms. The molecule has 0 spiro atoms. The minimum atomic E-state index is 0.160. The van der Waals surface area contributed by atoms with Crippen LogP contribution >= 0.6 is 11.8 Å². The van der Waals surface area contributed by atoms with Crippen molar-refractivity contribution in [3.8, 4) is 0 Å². The first-order chi connectivity index (χ1) is 7.72. The highest BCUT2D eigenvalue weighted by Crippen LogP contribution is 2.18. The van der Waals surface area contributed by atoms with Gasteiger partial charge < -0.3 is 9.47 Å². The largest absolute Gasteiger partial charge is 0.378 e. The maximum atomic E-state index is 5.54. The number of rotatable bonds is 7. The first-order valence-electron chi connectivity index (χ1n) is 5.54. The quantitative estimate of drug-likeness (QED) is 0.682. The van der Waals surface area contributed by atoms with Gasteiger partial charge in [-0.05, 0) is 26.0 Å². The van der Waals surface area contributed by atoms with Crippen LogP contribution in [0.25, 0.3) is 0 Å². The van der Waals surface area contributed by atoms with Crippen molar-refractivity contribution in [3.63, 3.8) is 0 Å². The van der Waals surface area contributed by atoms with Crippen LogP contribution in [-0.2, 0) is 9.47 Å². The van der Waals surface area contributed by atoms with Crippen LogP contribution in [0.1, 0.15) is 13.8 Å². The highest BCUT2D eigenvalue weighted by Gasteiger charge is 2.09. The summed E-state index contributed by atoms with van der Waals surface area (Å²) in [7, 11) is 1.74. The molecule has 0 aliphatic carbocycles. The molecule has 0 aliphatic heterocycles. The van der Waals surface area contributed by atoms with E-state index in [1.165, 1.54) is 4.90 Å². The van der Waals surface area contributed by atoms with Gasteiger partial charge in [-0.1, -0.05) is 18.2 Å². The molecule has 0 heterocycles. The van der Waals surface area contributed by atoms with Crippen LogP contribution in [0.3, 0.4) is 0 Å². The van der Waals surface area contributed by atoms with Crippen LogP contribution in [-0.4, -0.2) is 31.7 Å². The number of hydrogen-bond donors (Lipinski definition) is 0.